The first-order valence-corrected chi connectivity index (χ1v) is 8.51. The van der Waals surface area contributed by atoms with E-state index >= 15 is 0 Å². The van der Waals surface area contributed by atoms with Gasteiger partial charge in [-0.2, -0.15) is 4.31 Å². The molecule has 8 nitrogen and oxygen atoms in total. The van der Waals surface area contributed by atoms with E-state index in [1.165, 1.54) is 31.4 Å². The highest BCUT2D eigenvalue weighted by atomic mass is 32.2. The summed E-state index contributed by atoms with van der Waals surface area (Å²) in [4.78, 5) is 28.7. The maximum absolute atomic E-state index is 12.6. The molecule has 0 atom stereocenters. The Hall–Kier alpha value is -3.09. The van der Waals surface area contributed by atoms with Crippen molar-refractivity contribution in [2.75, 3.05) is 13.6 Å². The van der Waals surface area contributed by atoms with Gasteiger partial charge in [-0.05, 0) is 18.2 Å². The van der Waals surface area contributed by atoms with Crippen LogP contribution in [0.3, 0.4) is 0 Å². The number of H-pyrrole nitrogens is 2. The highest BCUT2D eigenvalue weighted by molar-refractivity contribution is 7.89. The number of pyridine rings is 1. The number of benzene rings is 1. The van der Waals surface area contributed by atoms with E-state index in [0.717, 1.165) is 4.31 Å². The van der Waals surface area contributed by atoms with E-state index in [-0.39, 0.29) is 27.9 Å². The van der Waals surface area contributed by atoms with Crippen molar-refractivity contribution in [2.24, 2.45) is 0 Å². The molecule has 3 rings (SSSR count). The minimum Gasteiger partial charge on any atom is -0.478 e. The quantitative estimate of drug-likeness (QED) is 0.599. The van der Waals surface area contributed by atoms with Crippen molar-refractivity contribution in [1.82, 2.24) is 14.3 Å². The Morgan fingerprint density at radius 1 is 1.40 bits per heavy atom. The van der Waals surface area contributed by atoms with Gasteiger partial charge in [0.1, 0.15) is 5.52 Å². The summed E-state index contributed by atoms with van der Waals surface area (Å²) in [5.41, 5.74) is -0.206. The van der Waals surface area contributed by atoms with Crippen LogP contribution in [0.4, 0.5) is 0 Å². The van der Waals surface area contributed by atoms with Crippen molar-refractivity contribution >= 4 is 37.8 Å². The fourth-order valence-corrected chi connectivity index (χ4v) is 3.74. The van der Waals surface area contributed by atoms with Crippen molar-refractivity contribution in [3.63, 3.8) is 0 Å². The highest BCUT2D eigenvalue weighted by Crippen LogP contribution is 2.27. The molecular weight excluding hydrogens is 346 g/mol. The zero-order valence-corrected chi connectivity index (χ0v) is 13.8. The van der Waals surface area contributed by atoms with E-state index in [0.29, 0.717) is 10.9 Å². The Morgan fingerprint density at radius 3 is 2.76 bits per heavy atom. The van der Waals surface area contributed by atoms with Crippen LogP contribution in [-0.4, -0.2) is 47.4 Å². The van der Waals surface area contributed by atoms with Crippen LogP contribution < -0.4 is 5.56 Å². The number of carboxylic acid groups (broad SMARTS) is 1. The van der Waals surface area contributed by atoms with Crippen LogP contribution in [0.5, 0.6) is 0 Å². The number of rotatable bonds is 4. The van der Waals surface area contributed by atoms with E-state index in [4.69, 9.17) is 6.42 Å². The SMILES string of the molecule is C#CCN(C)S(=O)(=O)c1ccc2[nH]c(=O)c3[nH]cc(C(=O)O)c3c2c1. The number of sulfonamides is 1. The largest absolute Gasteiger partial charge is 0.478 e. The predicted molar refractivity (Wildman–Crippen MR) is 92.0 cm³/mol. The highest BCUT2D eigenvalue weighted by Gasteiger charge is 2.22. The molecule has 0 saturated carbocycles. The summed E-state index contributed by atoms with van der Waals surface area (Å²) in [7, 11) is -2.50. The number of hydrogen-bond donors (Lipinski definition) is 3. The lowest BCUT2D eigenvalue weighted by molar-refractivity contribution is 0.0699. The van der Waals surface area contributed by atoms with Gasteiger partial charge < -0.3 is 15.1 Å². The zero-order valence-electron chi connectivity index (χ0n) is 13.0. The minimum atomic E-state index is -3.85. The van der Waals surface area contributed by atoms with Crippen LogP contribution in [-0.2, 0) is 10.0 Å². The van der Waals surface area contributed by atoms with Gasteiger partial charge in [-0.3, -0.25) is 4.79 Å². The maximum Gasteiger partial charge on any atom is 0.337 e. The van der Waals surface area contributed by atoms with Gasteiger partial charge in [-0.1, -0.05) is 5.92 Å². The molecule has 2 aromatic heterocycles. The molecular formula is C16H13N3O5S. The Kier molecular flexibility index (Phi) is 3.87. The number of nitrogens with one attached hydrogen (secondary N) is 2. The second-order valence-corrected chi connectivity index (χ2v) is 7.43. The molecule has 0 fully saturated rings. The van der Waals surface area contributed by atoms with Crippen LogP contribution >= 0.6 is 0 Å². The smallest absolute Gasteiger partial charge is 0.337 e. The lowest BCUT2D eigenvalue weighted by Crippen LogP contribution is -2.27. The Morgan fingerprint density at radius 2 is 2.12 bits per heavy atom. The van der Waals surface area contributed by atoms with Crippen molar-refractivity contribution in [3.8, 4) is 12.3 Å². The molecule has 0 bridgehead atoms. The van der Waals surface area contributed by atoms with Gasteiger partial charge in [0.25, 0.3) is 5.56 Å². The molecule has 2 heterocycles. The molecule has 0 aliphatic heterocycles. The molecule has 0 aliphatic rings. The monoisotopic (exact) mass is 359 g/mol. The number of nitrogens with zero attached hydrogens (tertiary/aromatic N) is 1. The van der Waals surface area contributed by atoms with Crippen molar-refractivity contribution in [2.45, 2.75) is 4.90 Å². The molecule has 0 spiro atoms. The lowest BCUT2D eigenvalue weighted by Gasteiger charge is -2.14. The second kappa shape index (κ2) is 5.77. The minimum absolute atomic E-state index is 0.0522. The van der Waals surface area contributed by atoms with E-state index in [1.54, 1.807) is 0 Å². The summed E-state index contributed by atoms with van der Waals surface area (Å²) in [5.74, 6) is 1.03. The summed E-state index contributed by atoms with van der Waals surface area (Å²) in [5, 5.41) is 9.79. The molecule has 128 valence electrons. The molecule has 3 aromatic rings. The molecule has 0 unspecified atom stereocenters. The van der Waals surface area contributed by atoms with E-state index in [1.807, 2.05) is 0 Å². The maximum atomic E-state index is 12.6. The van der Waals surface area contributed by atoms with Gasteiger partial charge >= 0.3 is 5.97 Å². The number of carbonyl (C=O) groups is 1. The van der Waals surface area contributed by atoms with Crippen molar-refractivity contribution in [1.29, 1.82) is 0 Å². The van der Waals surface area contributed by atoms with Gasteiger partial charge in [0.05, 0.1) is 17.0 Å². The van der Waals surface area contributed by atoms with Crippen molar-refractivity contribution < 1.29 is 18.3 Å². The topological polar surface area (TPSA) is 123 Å². The molecule has 0 aliphatic carbocycles. The average Bonchev–Trinajstić information content (AvgIpc) is 3.01. The van der Waals surface area contributed by atoms with Crippen LogP contribution in [0.25, 0.3) is 21.8 Å². The van der Waals surface area contributed by atoms with E-state index in [9.17, 15) is 23.1 Å². The summed E-state index contributed by atoms with van der Waals surface area (Å²) in [6, 6.07) is 4.08. The third kappa shape index (κ3) is 2.57. The number of aromatic carboxylic acids is 1. The summed E-state index contributed by atoms with van der Waals surface area (Å²) >= 11 is 0. The Labute approximate surface area is 142 Å². The Bertz CT molecular complexity index is 1210. The number of aromatic amines is 2. The first-order chi connectivity index (χ1) is 11.8. The van der Waals surface area contributed by atoms with Crippen LogP contribution in [0, 0.1) is 12.3 Å². The third-order valence-corrected chi connectivity index (χ3v) is 5.67. The van der Waals surface area contributed by atoms with E-state index in [2.05, 4.69) is 15.9 Å². The molecule has 25 heavy (non-hydrogen) atoms. The molecule has 9 heteroatoms. The molecule has 0 amide bonds. The third-order valence-electron chi connectivity index (χ3n) is 3.87. The van der Waals surface area contributed by atoms with Crippen molar-refractivity contribution in [3.05, 3.63) is 40.3 Å². The standard InChI is InChI=1S/C16H13N3O5S/c1-3-6-19(2)25(23,24)9-4-5-12-10(7-9)13-11(16(21)22)8-17-14(13)15(20)18-12/h1,4-5,7-8,17H,6H2,2H3,(H,18,20)(H,21,22). The Balaban J connectivity index is 2.38. The fraction of sp³-hybridized carbons (Fsp3) is 0.125. The van der Waals surface area contributed by atoms with Gasteiger partial charge in [-0.25, -0.2) is 13.2 Å². The summed E-state index contributed by atoms with van der Waals surface area (Å²) in [6.07, 6.45) is 6.36. The fourth-order valence-electron chi connectivity index (χ4n) is 2.63. The molecule has 0 radical (unpaired) electrons. The van der Waals surface area contributed by atoms with Gasteiger partial charge in [0.2, 0.25) is 10.0 Å². The zero-order chi connectivity index (χ0) is 18.4. The van der Waals surface area contributed by atoms with Crippen LogP contribution in [0.2, 0.25) is 0 Å². The lowest BCUT2D eigenvalue weighted by atomic mass is 10.1. The van der Waals surface area contributed by atoms with E-state index < -0.39 is 21.6 Å². The normalized spacial score (nSPS) is 11.9. The molecule has 0 saturated heterocycles. The number of aromatic nitrogens is 2. The van der Waals surface area contributed by atoms with Crippen LogP contribution in [0.15, 0.2) is 34.1 Å². The van der Waals surface area contributed by atoms with Gasteiger partial charge in [-0.15, -0.1) is 6.42 Å². The van der Waals surface area contributed by atoms with Gasteiger partial charge in [0.15, 0.2) is 0 Å². The predicted octanol–water partition coefficient (Wildman–Crippen LogP) is 0.961. The number of hydrogen-bond acceptors (Lipinski definition) is 4. The number of fused-ring (bicyclic) bond motifs is 3. The first-order valence-electron chi connectivity index (χ1n) is 7.07. The summed E-state index contributed by atoms with van der Waals surface area (Å²) < 4.78 is 26.1. The van der Waals surface area contributed by atoms with Crippen LogP contribution in [0.1, 0.15) is 10.4 Å². The second-order valence-electron chi connectivity index (χ2n) is 5.38. The number of carboxylic acids is 1. The first kappa shape index (κ1) is 16.8. The number of terminal acetylenes is 1. The molecule has 3 N–H and O–H groups in total. The summed E-state index contributed by atoms with van der Waals surface area (Å²) in [6.45, 7) is -0.105. The van der Waals surface area contributed by atoms with Gasteiger partial charge in [0, 0.05) is 29.5 Å². The molecule has 1 aromatic carbocycles. The average molecular weight is 359 g/mol.